The van der Waals surface area contributed by atoms with E-state index in [1.807, 2.05) is 6.07 Å². The monoisotopic (exact) mass is 240 g/mol. The van der Waals surface area contributed by atoms with Gasteiger partial charge in [0.25, 0.3) is 5.91 Å². The van der Waals surface area contributed by atoms with Crippen molar-refractivity contribution in [3.63, 3.8) is 0 Å². The molecule has 0 spiro atoms. The number of nitrogens with one attached hydrogen (secondary N) is 1. The molecule has 0 saturated heterocycles. The van der Waals surface area contributed by atoms with Gasteiger partial charge in [0.1, 0.15) is 22.9 Å². The predicted octanol–water partition coefficient (Wildman–Crippen LogP) is 1.56. The first kappa shape index (κ1) is 12.9. The quantitative estimate of drug-likeness (QED) is 0.842. The fourth-order valence-electron chi connectivity index (χ4n) is 1.16. The second-order valence-electron chi connectivity index (χ2n) is 3.52. The molecular weight excluding hydrogens is 230 g/mol. The Labute approximate surface area is 96.5 Å². The number of hydrogen-bond donors (Lipinski definition) is 2. The van der Waals surface area contributed by atoms with Crippen LogP contribution in [-0.4, -0.2) is 17.6 Å². The molecule has 1 amide bonds. The Morgan fingerprint density at radius 1 is 1.59 bits per heavy atom. The predicted molar refractivity (Wildman–Crippen MR) is 55.1 cm³/mol. The molecule has 6 heteroatoms. The van der Waals surface area contributed by atoms with Crippen LogP contribution < -0.4 is 5.32 Å². The number of phenols is 1. The third-order valence-electron chi connectivity index (χ3n) is 2.05. The summed E-state index contributed by atoms with van der Waals surface area (Å²) in [5.41, 5.74) is -0.628. The van der Waals surface area contributed by atoms with E-state index in [0.717, 1.165) is 0 Å². The van der Waals surface area contributed by atoms with E-state index in [1.54, 1.807) is 6.92 Å². The third-order valence-corrected chi connectivity index (χ3v) is 2.05. The second-order valence-corrected chi connectivity index (χ2v) is 3.52. The number of rotatable bonds is 3. The van der Waals surface area contributed by atoms with Crippen LogP contribution in [0.3, 0.4) is 0 Å². The maximum atomic E-state index is 13.2. The molecule has 1 aromatic rings. The van der Waals surface area contributed by atoms with Crippen molar-refractivity contribution in [2.24, 2.45) is 5.92 Å². The van der Waals surface area contributed by atoms with Crippen LogP contribution in [-0.2, 0) is 0 Å². The fraction of sp³-hybridized carbons (Fsp3) is 0.273. The summed E-state index contributed by atoms with van der Waals surface area (Å²) >= 11 is 0. The third kappa shape index (κ3) is 3.14. The summed E-state index contributed by atoms with van der Waals surface area (Å²) in [4.78, 5) is 11.5. The Kier molecular flexibility index (Phi) is 3.99. The number of nitrogens with zero attached hydrogens (tertiary/aromatic N) is 1. The molecule has 1 aromatic carbocycles. The summed E-state index contributed by atoms with van der Waals surface area (Å²) in [5, 5.41) is 20.0. The number of carbonyl (C=O) groups is 1. The molecule has 17 heavy (non-hydrogen) atoms. The first-order chi connectivity index (χ1) is 7.95. The highest BCUT2D eigenvalue weighted by Gasteiger charge is 2.18. The zero-order chi connectivity index (χ0) is 13.0. The molecule has 0 aliphatic carbocycles. The minimum atomic E-state index is -1.15. The summed E-state index contributed by atoms with van der Waals surface area (Å²) < 4.78 is 25.9. The molecule has 0 heterocycles. The van der Waals surface area contributed by atoms with E-state index in [2.05, 4.69) is 5.32 Å². The Balaban J connectivity index is 2.87. The van der Waals surface area contributed by atoms with Crippen LogP contribution in [0.1, 0.15) is 17.3 Å². The number of aromatic hydroxyl groups is 1. The van der Waals surface area contributed by atoms with E-state index in [0.29, 0.717) is 12.1 Å². The van der Waals surface area contributed by atoms with E-state index in [1.165, 1.54) is 0 Å². The van der Waals surface area contributed by atoms with Crippen LogP contribution in [0.15, 0.2) is 12.1 Å². The Hall–Kier alpha value is -2.16. The molecule has 1 atom stereocenters. The van der Waals surface area contributed by atoms with Crippen molar-refractivity contribution in [3.8, 4) is 11.8 Å². The van der Waals surface area contributed by atoms with Crippen molar-refractivity contribution in [3.05, 3.63) is 29.3 Å². The first-order valence-corrected chi connectivity index (χ1v) is 4.81. The van der Waals surface area contributed by atoms with Crippen LogP contribution in [0.4, 0.5) is 8.78 Å². The lowest BCUT2D eigenvalue weighted by atomic mass is 10.1. The lowest BCUT2D eigenvalue weighted by Crippen LogP contribution is -2.28. The summed E-state index contributed by atoms with van der Waals surface area (Å²) in [7, 11) is 0. The number of phenolic OH excluding ortho intramolecular Hbond substituents is 1. The molecule has 0 unspecified atom stereocenters. The Morgan fingerprint density at radius 3 is 2.76 bits per heavy atom. The van der Waals surface area contributed by atoms with Crippen molar-refractivity contribution < 1.29 is 18.7 Å². The lowest BCUT2D eigenvalue weighted by molar-refractivity contribution is 0.0943. The molecule has 0 aliphatic rings. The standard InChI is InChI=1S/C11H10F2N2O2/c1-6(4-14)5-15-11(17)10-8(13)2-7(12)3-9(10)16/h2-3,6,16H,5H2,1H3,(H,15,17)/t6-/m1/s1. The number of hydrogen-bond acceptors (Lipinski definition) is 3. The summed E-state index contributed by atoms with van der Waals surface area (Å²) in [6.45, 7) is 1.59. The van der Waals surface area contributed by atoms with Crippen LogP contribution in [0.2, 0.25) is 0 Å². The van der Waals surface area contributed by atoms with Gasteiger partial charge in [-0.05, 0) is 6.92 Å². The smallest absolute Gasteiger partial charge is 0.258 e. The average Bonchev–Trinajstić information content (AvgIpc) is 2.24. The molecule has 4 nitrogen and oxygen atoms in total. The Morgan fingerprint density at radius 2 is 2.24 bits per heavy atom. The van der Waals surface area contributed by atoms with Crippen molar-refractivity contribution in [2.75, 3.05) is 6.54 Å². The average molecular weight is 240 g/mol. The van der Waals surface area contributed by atoms with E-state index in [4.69, 9.17) is 5.26 Å². The SMILES string of the molecule is C[C@H](C#N)CNC(=O)c1c(O)cc(F)cc1F. The summed E-state index contributed by atoms with van der Waals surface area (Å²) in [6, 6.07) is 3.03. The van der Waals surface area contributed by atoms with Gasteiger partial charge in [-0.2, -0.15) is 5.26 Å². The largest absolute Gasteiger partial charge is 0.507 e. The molecule has 1 rings (SSSR count). The summed E-state index contributed by atoms with van der Waals surface area (Å²) in [6.07, 6.45) is 0. The first-order valence-electron chi connectivity index (χ1n) is 4.81. The van der Waals surface area contributed by atoms with E-state index < -0.39 is 34.8 Å². The number of nitriles is 1. The molecule has 0 radical (unpaired) electrons. The Bertz CT molecular complexity index is 460. The van der Waals surface area contributed by atoms with Gasteiger partial charge in [0.2, 0.25) is 0 Å². The molecule has 0 bridgehead atoms. The highest BCUT2D eigenvalue weighted by atomic mass is 19.1. The van der Waals surface area contributed by atoms with Crippen LogP contribution in [0.25, 0.3) is 0 Å². The van der Waals surface area contributed by atoms with Crippen molar-refractivity contribution in [2.45, 2.75) is 6.92 Å². The molecule has 2 N–H and O–H groups in total. The molecule has 0 fully saturated rings. The van der Waals surface area contributed by atoms with Crippen molar-refractivity contribution in [1.82, 2.24) is 5.32 Å². The molecular formula is C11H10F2N2O2. The molecule has 90 valence electrons. The lowest BCUT2D eigenvalue weighted by Gasteiger charge is -2.08. The van der Waals surface area contributed by atoms with Crippen molar-refractivity contribution >= 4 is 5.91 Å². The minimum absolute atomic E-state index is 0.0194. The summed E-state index contributed by atoms with van der Waals surface area (Å²) in [5.74, 6) is -4.22. The number of benzene rings is 1. The zero-order valence-corrected chi connectivity index (χ0v) is 9.00. The number of halogens is 2. The van der Waals surface area contributed by atoms with Gasteiger partial charge in [-0.25, -0.2) is 8.78 Å². The minimum Gasteiger partial charge on any atom is -0.507 e. The maximum absolute atomic E-state index is 13.2. The second kappa shape index (κ2) is 5.25. The van der Waals surface area contributed by atoms with Gasteiger partial charge < -0.3 is 10.4 Å². The normalized spacial score (nSPS) is 11.6. The highest BCUT2D eigenvalue weighted by molar-refractivity contribution is 5.97. The maximum Gasteiger partial charge on any atom is 0.258 e. The molecule has 0 aromatic heterocycles. The van der Waals surface area contributed by atoms with Gasteiger partial charge in [0.05, 0.1) is 12.0 Å². The number of carbonyl (C=O) groups excluding carboxylic acids is 1. The van der Waals surface area contributed by atoms with Crippen LogP contribution in [0.5, 0.6) is 5.75 Å². The van der Waals surface area contributed by atoms with Crippen molar-refractivity contribution in [1.29, 1.82) is 5.26 Å². The van der Waals surface area contributed by atoms with Gasteiger partial charge in [-0.3, -0.25) is 4.79 Å². The molecule has 0 aliphatic heterocycles. The zero-order valence-electron chi connectivity index (χ0n) is 9.00. The van der Waals surface area contributed by atoms with E-state index >= 15 is 0 Å². The fourth-order valence-corrected chi connectivity index (χ4v) is 1.16. The van der Waals surface area contributed by atoms with Gasteiger partial charge in [-0.1, -0.05) is 0 Å². The van der Waals surface area contributed by atoms with E-state index in [-0.39, 0.29) is 6.54 Å². The van der Waals surface area contributed by atoms with Gasteiger partial charge in [-0.15, -0.1) is 0 Å². The van der Waals surface area contributed by atoms with E-state index in [9.17, 15) is 18.7 Å². The molecule has 0 saturated carbocycles. The highest BCUT2D eigenvalue weighted by Crippen LogP contribution is 2.21. The van der Waals surface area contributed by atoms with Gasteiger partial charge in [0, 0.05) is 18.7 Å². The topological polar surface area (TPSA) is 73.1 Å². The van der Waals surface area contributed by atoms with Crippen LogP contribution in [0, 0.1) is 28.9 Å². The van der Waals surface area contributed by atoms with Crippen LogP contribution >= 0.6 is 0 Å². The van der Waals surface area contributed by atoms with Gasteiger partial charge >= 0.3 is 0 Å². The van der Waals surface area contributed by atoms with Gasteiger partial charge in [0.15, 0.2) is 0 Å². The number of amides is 1.